The van der Waals surface area contributed by atoms with Crippen molar-refractivity contribution in [1.29, 1.82) is 0 Å². The van der Waals surface area contributed by atoms with Crippen LogP contribution in [-0.4, -0.2) is 65.1 Å². The Hall–Kier alpha value is -1.34. The minimum absolute atomic E-state index is 0.0270. The zero-order valence-corrected chi connectivity index (χ0v) is 10.8. The van der Waals surface area contributed by atoms with Crippen LogP contribution in [0, 0.1) is 11.8 Å². The van der Waals surface area contributed by atoms with Crippen LogP contribution in [0.5, 0.6) is 0 Å². The molecule has 0 radical (unpaired) electrons. The number of aliphatic hydroxyl groups is 2. The monoisotopic (exact) mass is 262 g/mol. The Morgan fingerprint density at radius 3 is 2.00 bits per heavy atom. The topological polar surface area (TPSA) is 110 Å². The lowest BCUT2D eigenvalue weighted by Gasteiger charge is -2.23. The second-order valence-corrected chi connectivity index (χ2v) is 4.31. The van der Waals surface area contributed by atoms with Crippen molar-refractivity contribution in [3.05, 3.63) is 0 Å². The third-order valence-electron chi connectivity index (χ3n) is 2.62. The van der Waals surface area contributed by atoms with Gasteiger partial charge >= 0.3 is 12.0 Å². The predicted molar refractivity (Wildman–Crippen MR) is 65.1 cm³/mol. The van der Waals surface area contributed by atoms with E-state index in [9.17, 15) is 9.59 Å². The Balaban J connectivity index is 4.31. The highest BCUT2D eigenvalue weighted by Gasteiger charge is 2.23. The van der Waals surface area contributed by atoms with Crippen molar-refractivity contribution in [1.82, 2.24) is 10.2 Å². The smallest absolute Gasteiger partial charge is 0.317 e. The fraction of sp³-hybridized carbons (Fsp3) is 0.818. The van der Waals surface area contributed by atoms with Gasteiger partial charge in [-0.2, -0.15) is 0 Å². The van der Waals surface area contributed by atoms with Gasteiger partial charge in [-0.15, -0.1) is 0 Å². The summed E-state index contributed by atoms with van der Waals surface area (Å²) in [4.78, 5) is 23.8. The summed E-state index contributed by atoms with van der Waals surface area (Å²) in [6, 6.07) is -0.481. The summed E-state index contributed by atoms with van der Waals surface area (Å²) in [7, 11) is 0. The summed E-state index contributed by atoms with van der Waals surface area (Å²) in [5.41, 5.74) is 0. The maximum Gasteiger partial charge on any atom is 0.317 e. The number of aliphatic carboxylic acids is 1. The van der Waals surface area contributed by atoms with E-state index in [1.807, 2.05) is 0 Å². The highest BCUT2D eigenvalue weighted by Crippen LogP contribution is 2.09. The summed E-state index contributed by atoms with van der Waals surface area (Å²) in [5, 5.41) is 29.0. The van der Waals surface area contributed by atoms with E-state index in [4.69, 9.17) is 15.3 Å². The first-order valence-corrected chi connectivity index (χ1v) is 5.91. The van der Waals surface area contributed by atoms with Crippen LogP contribution in [-0.2, 0) is 4.79 Å². The first kappa shape index (κ1) is 16.7. The lowest BCUT2D eigenvalue weighted by Crippen LogP contribution is -2.45. The number of nitrogens with one attached hydrogen (secondary N) is 1. The number of amides is 2. The molecule has 0 aliphatic carbocycles. The van der Waals surface area contributed by atoms with Crippen LogP contribution in [0.2, 0.25) is 0 Å². The molecule has 0 spiro atoms. The molecule has 18 heavy (non-hydrogen) atoms. The van der Waals surface area contributed by atoms with E-state index in [-0.39, 0.29) is 38.8 Å². The van der Waals surface area contributed by atoms with E-state index in [0.29, 0.717) is 0 Å². The molecule has 0 aliphatic rings. The van der Waals surface area contributed by atoms with Gasteiger partial charge in [-0.05, 0) is 5.92 Å². The molecule has 1 atom stereocenters. The predicted octanol–water partition coefficient (Wildman–Crippen LogP) is -0.661. The van der Waals surface area contributed by atoms with Crippen molar-refractivity contribution >= 4 is 12.0 Å². The molecule has 0 saturated carbocycles. The molecule has 7 heteroatoms. The molecule has 106 valence electrons. The third-order valence-corrected chi connectivity index (χ3v) is 2.62. The Kier molecular flexibility index (Phi) is 8.06. The molecule has 0 aromatic rings. The fourth-order valence-electron chi connectivity index (χ4n) is 1.47. The molecule has 4 N–H and O–H groups in total. The van der Waals surface area contributed by atoms with Crippen LogP contribution in [0.3, 0.4) is 0 Å². The van der Waals surface area contributed by atoms with Crippen molar-refractivity contribution in [3.8, 4) is 0 Å². The van der Waals surface area contributed by atoms with Crippen LogP contribution in [0.25, 0.3) is 0 Å². The summed E-state index contributed by atoms with van der Waals surface area (Å²) in [6.07, 6.45) is 0. The molecular formula is C11H22N2O5. The average molecular weight is 262 g/mol. The zero-order chi connectivity index (χ0) is 14.1. The number of hydrogen-bond donors (Lipinski definition) is 4. The van der Waals surface area contributed by atoms with Gasteiger partial charge in [0, 0.05) is 19.6 Å². The Labute approximate surface area is 106 Å². The lowest BCUT2D eigenvalue weighted by molar-refractivity contribution is -0.142. The van der Waals surface area contributed by atoms with Gasteiger partial charge in [-0.3, -0.25) is 4.79 Å². The summed E-state index contributed by atoms with van der Waals surface area (Å²) in [5.74, 6) is -1.70. The molecule has 0 bridgehead atoms. The quantitative estimate of drug-likeness (QED) is 0.464. The molecule has 0 aromatic carbocycles. The average Bonchev–Trinajstić information content (AvgIpc) is 2.27. The number of carbonyl (C=O) groups is 2. The highest BCUT2D eigenvalue weighted by atomic mass is 16.4. The normalized spacial score (nSPS) is 12.3. The number of hydrogen-bond acceptors (Lipinski definition) is 4. The molecule has 1 unspecified atom stereocenters. The van der Waals surface area contributed by atoms with Crippen molar-refractivity contribution in [2.24, 2.45) is 11.8 Å². The molecule has 0 fully saturated rings. The van der Waals surface area contributed by atoms with Gasteiger partial charge in [0.05, 0.1) is 19.1 Å². The van der Waals surface area contributed by atoms with Crippen LogP contribution < -0.4 is 5.32 Å². The minimum atomic E-state index is -0.957. The lowest BCUT2D eigenvalue weighted by atomic mass is 9.96. The van der Waals surface area contributed by atoms with Crippen molar-refractivity contribution in [3.63, 3.8) is 0 Å². The van der Waals surface area contributed by atoms with Crippen LogP contribution in [0.15, 0.2) is 0 Å². The van der Waals surface area contributed by atoms with Gasteiger partial charge in [0.15, 0.2) is 0 Å². The van der Waals surface area contributed by atoms with Gasteiger partial charge in [-0.25, -0.2) is 4.79 Å². The van der Waals surface area contributed by atoms with Gasteiger partial charge in [0.25, 0.3) is 0 Å². The van der Waals surface area contributed by atoms with E-state index < -0.39 is 17.9 Å². The number of urea groups is 1. The molecule has 0 heterocycles. The van der Waals surface area contributed by atoms with Crippen LogP contribution in [0.4, 0.5) is 4.79 Å². The molecule has 7 nitrogen and oxygen atoms in total. The fourth-order valence-corrected chi connectivity index (χ4v) is 1.47. The number of carbonyl (C=O) groups excluding carboxylic acids is 1. The number of carboxylic acids is 1. The molecule has 0 saturated heterocycles. The second kappa shape index (κ2) is 8.71. The van der Waals surface area contributed by atoms with E-state index in [2.05, 4.69) is 5.32 Å². The third kappa shape index (κ3) is 5.83. The second-order valence-electron chi connectivity index (χ2n) is 4.31. The largest absolute Gasteiger partial charge is 0.481 e. The van der Waals surface area contributed by atoms with Gasteiger partial charge in [0.1, 0.15) is 0 Å². The SMILES string of the molecule is CC(C)C(CNC(=O)N(CCO)CCO)C(=O)O. The van der Waals surface area contributed by atoms with Gasteiger partial charge < -0.3 is 25.5 Å². The minimum Gasteiger partial charge on any atom is -0.481 e. The molecule has 0 rings (SSSR count). The Bertz CT molecular complexity index is 264. The summed E-state index contributed by atoms with van der Waals surface area (Å²) in [6.45, 7) is 3.35. The van der Waals surface area contributed by atoms with Crippen molar-refractivity contribution in [2.75, 3.05) is 32.8 Å². The van der Waals surface area contributed by atoms with E-state index in [1.165, 1.54) is 4.90 Å². The Morgan fingerprint density at radius 1 is 1.17 bits per heavy atom. The number of nitrogens with zero attached hydrogens (tertiary/aromatic N) is 1. The molecular weight excluding hydrogens is 240 g/mol. The maximum atomic E-state index is 11.7. The maximum absolute atomic E-state index is 11.7. The number of aliphatic hydroxyl groups excluding tert-OH is 2. The number of rotatable bonds is 8. The summed E-state index contributed by atoms with van der Waals surface area (Å²) >= 11 is 0. The van der Waals surface area contributed by atoms with Gasteiger partial charge in [-0.1, -0.05) is 13.8 Å². The van der Waals surface area contributed by atoms with Crippen molar-refractivity contribution in [2.45, 2.75) is 13.8 Å². The van der Waals surface area contributed by atoms with E-state index in [0.717, 1.165) is 0 Å². The van der Waals surface area contributed by atoms with E-state index in [1.54, 1.807) is 13.8 Å². The Morgan fingerprint density at radius 2 is 1.67 bits per heavy atom. The molecule has 0 aliphatic heterocycles. The first-order valence-electron chi connectivity index (χ1n) is 5.91. The van der Waals surface area contributed by atoms with E-state index >= 15 is 0 Å². The number of carboxylic acid groups (broad SMARTS) is 1. The van der Waals surface area contributed by atoms with Crippen LogP contribution >= 0.6 is 0 Å². The molecule has 2 amide bonds. The van der Waals surface area contributed by atoms with Crippen molar-refractivity contribution < 1.29 is 24.9 Å². The van der Waals surface area contributed by atoms with Crippen LogP contribution in [0.1, 0.15) is 13.8 Å². The highest BCUT2D eigenvalue weighted by molar-refractivity contribution is 5.76. The summed E-state index contributed by atoms with van der Waals surface area (Å²) < 4.78 is 0. The standard InChI is InChI=1S/C11H22N2O5/c1-8(2)9(10(16)17)7-12-11(18)13(3-5-14)4-6-15/h8-9,14-15H,3-7H2,1-2H3,(H,12,18)(H,16,17). The molecule has 0 aromatic heterocycles. The zero-order valence-electron chi connectivity index (χ0n) is 10.8. The first-order chi connectivity index (χ1) is 8.43. The van der Waals surface area contributed by atoms with Gasteiger partial charge in [0.2, 0.25) is 0 Å².